The van der Waals surface area contributed by atoms with Gasteiger partial charge in [0.05, 0.1) is 0 Å². The molecule has 0 N–H and O–H groups in total. The molecule has 1 aromatic rings. The molecule has 2 saturated carbocycles. The van der Waals surface area contributed by atoms with Crippen LogP contribution in [0.25, 0.3) is 0 Å². The highest BCUT2D eigenvalue weighted by molar-refractivity contribution is 6.13. The number of rotatable bonds is 5. The Morgan fingerprint density at radius 2 is 1.88 bits per heavy atom. The van der Waals surface area contributed by atoms with Gasteiger partial charge in [-0.15, -0.1) is 0 Å². The quantitative estimate of drug-likeness (QED) is 0.736. The van der Waals surface area contributed by atoms with Crippen LogP contribution in [0.15, 0.2) is 24.3 Å². The SMILES string of the molecule is O=C(c1ccccc1C1CCCC1)N(CC1CC1)[C@H]1CCN(Cl)C1. The van der Waals surface area contributed by atoms with Crippen LogP contribution in [0.5, 0.6) is 0 Å². The molecule has 1 aliphatic heterocycles. The van der Waals surface area contributed by atoms with Gasteiger partial charge in [0, 0.05) is 31.2 Å². The van der Waals surface area contributed by atoms with E-state index in [1.54, 1.807) is 0 Å². The number of amides is 1. The Morgan fingerprint density at radius 1 is 1.12 bits per heavy atom. The predicted octanol–water partition coefficient (Wildman–Crippen LogP) is 4.42. The lowest BCUT2D eigenvalue weighted by Crippen LogP contribution is -2.43. The van der Waals surface area contributed by atoms with Crippen LogP contribution >= 0.6 is 11.8 Å². The van der Waals surface area contributed by atoms with E-state index in [0.717, 1.165) is 31.6 Å². The summed E-state index contributed by atoms with van der Waals surface area (Å²) in [6, 6.07) is 8.60. The summed E-state index contributed by atoms with van der Waals surface area (Å²) in [6.07, 6.45) is 8.58. The van der Waals surface area contributed by atoms with Crippen molar-refractivity contribution in [1.82, 2.24) is 9.32 Å². The Hall–Kier alpha value is -1.06. The van der Waals surface area contributed by atoms with Crippen LogP contribution in [0.2, 0.25) is 0 Å². The largest absolute Gasteiger partial charge is 0.334 e. The minimum absolute atomic E-state index is 0.237. The van der Waals surface area contributed by atoms with Crippen LogP contribution in [0, 0.1) is 5.92 Å². The van der Waals surface area contributed by atoms with Crippen molar-refractivity contribution in [2.24, 2.45) is 5.92 Å². The average molecular weight is 347 g/mol. The summed E-state index contributed by atoms with van der Waals surface area (Å²) in [7, 11) is 0. The molecule has 1 amide bonds. The normalized spacial score (nSPS) is 25.3. The molecule has 1 atom stereocenters. The standard InChI is InChI=1S/C20H27ClN2O/c21-22-12-11-17(14-22)23(13-15-9-10-15)20(24)19-8-4-3-7-18(19)16-5-1-2-6-16/h3-4,7-8,15-17H,1-2,5-6,9-14H2/t17-/m0/s1. The summed E-state index contributed by atoms with van der Waals surface area (Å²) in [4.78, 5) is 15.6. The van der Waals surface area contributed by atoms with Gasteiger partial charge in [-0.2, -0.15) is 0 Å². The summed E-state index contributed by atoms with van der Waals surface area (Å²) < 4.78 is 1.83. The van der Waals surface area contributed by atoms with Crippen LogP contribution in [0.1, 0.15) is 66.8 Å². The lowest BCUT2D eigenvalue weighted by molar-refractivity contribution is 0.0676. The number of carbonyl (C=O) groups excluding carboxylic acids is 1. The molecule has 0 unspecified atom stereocenters. The predicted molar refractivity (Wildman–Crippen MR) is 97.2 cm³/mol. The number of carbonyl (C=O) groups is 1. The molecule has 2 aliphatic carbocycles. The number of nitrogens with zero attached hydrogens (tertiary/aromatic N) is 2. The molecule has 1 saturated heterocycles. The Bertz CT molecular complexity index is 595. The maximum absolute atomic E-state index is 13.4. The van der Waals surface area contributed by atoms with Gasteiger partial charge in [0.1, 0.15) is 0 Å². The third-order valence-corrected chi connectivity index (χ3v) is 6.26. The van der Waals surface area contributed by atoms with Crippen LogP contribution in [0.3, 0.4) is 0 Å². The lowest BCUT2D eigenvalue weighted by Gasteiger charge is -2.30. The van der Waals surface area contributed by atoms with Crippen LogP contribution in [0.4, 0.5) is 0 Å². The first-order chi connectivity index (χ1) is 11.7. The molecule has 3 nitrogen and oxygen atoms in total. The maximum atomic E-state index is 13.4. The van der Waals surface area contributed by atoms with E-state index in [4.69, 9.17) is 11.8 Å². The molecule has 3 fully saturated rings. The van der Waals surface area contributed by atoms with Gasteiger partial charge < -0.3 is 4.90 Å². The zero-order valence-corrected chi connectivity index (χ0v) is 15.0. The third kappa shape index (κ3) is 3.48. The van der Waals surface area contributed by atoms with E-state index in [0.29, 0.717) is 11.8 Å². The summed E-state index contributed by atoms with van der Waals surface area (Å²) in [5, 5.41) is 0. The molecule has 24 heavy (non-hydrogen) atoms. The molecule has 0 spiro atoms. The van der Waals surface area contributed by atoms with Gasteiger partial charge in [-0.25, -0.2) is 4.42 Å². The lowest BCUT2D eigenvalue weighted by atomic mass is 9.92. The van der Waals surface area contributed by atoms with Crippen LogP contribution < -0.4 is 0 Å². The van der Waals surface area contributed by atoms with E-state index in [1.807, 2.05) is 16.6 Å². The average Bonchev–Trinajstić information content (AvgIpc) is 3.08. The van der Waals surface area contributed by atoms with Crippen molar-refractivity contribution >= 4 is 17.7 Å². The minimum Gasteiger partial charge on any atom is -0.334 e. The first-order valence-electron chi connectivity index (χ1n) is 9.53. The van der Waals surface area contributed by atoms with E-state index in [1.165, 1.54) is 44.1 Å². The fourth-order valence-corrected chi connectivity index (χ4v) is 4.63. The second-order valence-corrected chi connectivity index (χ2v) is 8.26. The molecule has 0 radical (unpaired) electrons. The van der Waals surface area contributed by atoms with E-state index in [2.05, 4.69) is 17.0 Å². The summed E-state index contributed by atoms with van der Waals surface area (Å²) in [6.45, 7) is 2.59. The van der Waals surface area contributed by atoms with Crippen molar-refractivity contribution < 1.29 is 4.79 Å². The van der Waals surface area contributed by atoms with Gasteiger partial charge in [0.25, 0.3) is 5.91 Å². The molecule has 1 aromatic carbocycles. The number of benzene rings is 1. The second-order valence-electron chi connectivity index (χ2n) is 7.78. The number of hydrogen-bond donors (Lipinski definition) is 0. The van der Waals surface area contributed by atoms with Gasteiger partial charge in [-0.1, -0.05) is 31.0 Å². The fourth-order valence-electron chi connectivity index (χ4n) is 4.37. The van der Waals surface area contributed by atoms with Gasteiger partial charge in [0.2, 0.25) is 0 Å². The minimum atomic E-state index is 0.237. The van der Waals surface area contributed by atoms with E-state index in [9.17, 15) is 4.79 Å². The van der Waals surface area contributed by atoms with Crippen molar-refractivity contribution in [2.45, 2.75) is 56.9 Å². The molecule has 4 heteroatoms. The monoisotopic (exact) mass is 346 g/mol. The molecule has 1 heterocycles. The fraction of sp³-hybridized carbons (Fsp3) is 0.650. The Balaban J connectivity index is 1.59. The first-order valence-corrected chi connectivity index (χ1v) is 9.87. The molecule has 4 rings (SSSR count). The smallest absolute Gasteiger partial charge is 0.254 e. The number of halogens is 1. The highest BCUT2D eigenvalue weighted by atomic mass is 35.5. The Kier molecular flexibility index (Phi) is 4.82. The van der Waals surface area contributed by atoms with Gasteiger partial charge in [0.15, 0.2) is 0 Å². The highest BCUT2D eigenvalue weighted by Crippen LogP contribution is 2.37. The molecular weight excluding hydrogens is 320 g/mol. The second kappa shape index (κ2) is 7.05. The van der Waals surface area contributed by atoms with E-state index in [-0.39, 0.29) is 11.9 Å². The molecular formula is C20H27ClN2O. The highest BCUT2D eigenvalue weighted by Gasteiger charge is 2.36. The van der Waals surface area contributed by atoms with E-state index < -0.39 is 0 Å². The van der Waals surface area contributed by atoms with Crippen molar-refractivity contribution in [3.8, 4) is 0 Å². The molecule has 0 aromatic heterocycles. The Morgan fingerprint density at radius 3 is 2.54 bits per heavy atom. The van der Waals surface area contributed by atoms with Crippen molar-refractivity contribution in [3.05, 3.63) is 35.4 Å². The van der Waals surface area contributed by atoms with Crippen molar-refractivity contribution in [1.29, 1.82) is 0 Å². The summed E-state index contributed by atoms with van der Waals surface area (Å²) in [5.41, 5.74) is 2.22. The van der Waals surface area contributed by atoms with Crippen molar-refractivity contribution in [3.63, 3.8) is 0 Å². The molecule has 3 aliphatic rings. The van der Waals surface area contributed by atoms with Gasteiger partial charge >= 0.3 is 0 Å². The maximum Gasteiger partial charge on any atom is 0.254 e. The third-order valence-electron chi connectivity index (χ3n) is 5.95. The zero-order valence-electron chi connectivity index (χ0n) is 14.3. The number of hydrogen-bond acceptors (Lipinski definition) is 2. The summed E-state index contributed by atoms with van der Waals surface area (Å²) in [5.74, 6) is 1.51. The molecule has 130 valence electrons. The van der Waals surface area contributed by atoms with Crippen LogP contribution in [-0.2, 0) is 0 Å². The van der Waals surface area contributed by atoms with Gasteiger partial charge in [-0.3, -0.25) is 4.79 Å². The van der Waals surface area contributed by atoms with Crippen LogP contribution in [-0.4, -0.2) is 40.9 Å². The van der Waals surface area contributed by atoms with Gasteiger partial charge in [-0.05, 0) is 67.3 Å². The summed E-state index contributed by atoms with van der Waals surface area (Å²) >= 11 is 6.18. The van der Waals surface area contributed by atoms with Crippen molar-refractivity contribution in [2.75, 3.05) is 19.6 Å². The topological polar surface area (TPSA) is 23.6 Å². The first kappa shape index (κ1) is 16.4. The Labute approximate surface area is 150 Å². The molecule has 0 bridgehead atoms. The zero-order chi connectivity index (χ0) is 16.5. The van der Waals surface area contributed by atoms with E-state index >= 15 is 0 Å².